The fraction of sp³-hybridized carbons (Fsp3) is 0.300. The molecule has 0 aliphatic heterocycles. The number of carbonyl (C=O) groups is 1. The van der Waals surface area contributed by atoms with E-state index in [0.717, 1.165) is 11.8 Å². The molecular formula is C10H9FO. The molecule has 0 saturated carbocycles. The Labute approximate surface area is 70.2 Å². The average Bonchev–Trinajstić information content (AvgIpc) is 2.48. The summed E-state index contributed by atoms with van der Waals surface area (Å²) in [5, 5.41) is 0. The van der Waals surface area contributed by atoms with Gasteiger partial charge in [-0.3, -0.25) is 4.79 Å². The molecule has 1 atom stereocenters. The van der Waals surface area contributed by atoms with E-state index in [0.29, 0.717) is 24.0 Å². The summed E-state index contributed by atoms with van der Waals surface area (Å²) in [4.78, 5) is 10.6. The second-order valence-corrected chi connectivity index (χ2v) is 3.04. The van der Waals surface area contributed by atoms with Crippen molar-refractivity contribution in [3.63, 3.8) is 0 Å². The molecular weight excluding hydrogens is 155 g/mol. The predicted molar refractivity (Wildman–Crippen MR) is 44.0 cm³/mol. The molecule has 0 N–H and O–H groups in total. The number of fused-ring (bicyclic) bond motifs is 1. The molecule has 0 bridgehead atoms. The fourth-order valence-electron chi connectivity index (χ4n) is 1.74. The molecule has 0 fully saturated rings. The summed E-state index contributed by atoms with van der Waals surface area (Å²) >= 11 is 0. The molecule has 0 heterocycles. The van der Waals surface area contributed by atoms with Crippen LogP contribution in [-0.4, -0.2) is 6.29 Å². The summed E-state index contributed by atoms with van der Waals surface area (Å²) in [7, 11) is 0. The third kappa shape index (κ3) is 0.951. The Kier molecular flexibility index (Phi) is 1.68. The second kappa shape index (κ2) is 2.70. The maximum Gasteiger partial charge on any atom is 0.150 e. The lowest BCUT2D eigenvalue weighted by atomic mass is 10.0. The largest absolute Gasteiger partial charge is 0.298 e. The van der Waals surface area contributed by atoms with E-state index in [4.69, 9.17) is 0 Å². The first-order valence-electron chi connectivity index (χ1n) is 4.04. The van der Waals surface area contributed by atoms with Crippen molar-refractivity contribution in [2.24, 2.45) is 0 Å². The second-order valence-electron chi connectivity index (χ2n) is 3.04. The van der Waals surface area contributed by atoms with E-state index in [1.807, 2.05) is 0 Å². The van der Waals surface area contributed by atoms with Gasteiger partial charge in [0.25, 0.3) is 0 Å². The summed E-state index contributed by atoms with van der Waals surface area (Å²) in [6.07, 6.45) is 1.17. The number of benzene rings is 1. The molecule has 0 spiro atoms. The van der Waals surface area contributed by atoms with Crippen LogP contribution in [-0.2, 0) is 6.42 Å². The predicted octanol–water partition coefficient (Wildman–Crippen LogP) is 2.46. The molecule has 2 rings (SSSR count). The van der Waals surface area contributed by atoms with Gasteiger partial charge in [0.2, 0.25) is 0 Å². The summed E-state index contributed by atoms with van der Waals surface area (Å²) in [5.41, 5.74) is 2.26. The normalized spacial score (nSPS) is 20.6. The van der Waals surface area contributed by atoms with Gasteiger partial charge in [-0.25, -0.2) is 4.39 Å². The van der Waals surface area contributed by atoms with Crippen LogP contribution in [0.5, 0.6) is 0 Å². The number of halogens is 1. The van der Waals surface area contributed by atoms with Crippen LogP contribution < -0.4 is 0 Å². The molecule has 1 aromatic rings. The SMILES string of the molecule is O=Cc1cccc2c1CCC2F. The van der Waals surface area contributed by atoms with E-state index < -0.39 is 6.17 Å². The van der Waals surface area contributed by atoms with Crippen LogP contribution in [0.15, 0.2) is 18.2 Å². The van der Waals surface area contributed by atoms with Crippen molar-refractivity contribution in [1.29, 1.82) is 0 Å². The third-order valence-electron chi connectivity index (χ3n) is 2.36. The maximum absolute atomic E-state index is 13.1. The van der Waals surface area contributed by atoms with Gasteiger partial charge in [-0.15, -0.1) is 0 Å². The van der Waals surface area contributed by atoms with Crippen LogP contribution in [0.2, 0.25) is 0 Å². The average molecular weight is 164 g/mol. The Balaban J connectivity index is 2.57. The van der Waals surface area contributed by atoms with Crippen molar-refractivity contribution in [2.45, 2.75) is 19.0 Å². The van der Waals surface area contributed by atoms with E-state index in [1.165, 1.54) is 0 Å². The Morgan fingerprint density at radius 3 is 3.08 bits per heavy atom. The molecule has 2 heteroatoms. The Morgan fingerprint density at radius 2 is 2.33 bits per heavy atom. The van der Waals surface area contributed by atoms with E-state index >= 15 is 0 Å². The van der Waals surface area contributed by atoms with Gasteiger partial charge in [0.05, 0.1) is 0 Å². The zero-order valence-electron chi connectivity index (χ0n) is 6.59. The van der Waals surface area contributed by atoms with Crippen LogP contribution in [0.25, 0.3) is 0 Å². The monoisotopic (exact) mass is 164 g/mol. The highest BCUT2D eigenvalue weighted by atomic mass is 19.1. The minimum absolute atomic E-state index is 0.528. The van der Waals surface area contributed by atoms with Crippen LogP contribution >= 0.6 is 0 Å². The fourth-order valence-corrected chi connectivity index (χ4v) is 1.74. The topological polar surface area (TPSA) is 17.1 Å². The molecule has 1 nitrogen and oxygen atoms in total. The van der Waals surface area contributed by atoms with Crippen molar-refractivity contribution < 1.29 is 9.18 Å². The molecule has 0 radical (unpaired) electrons. The van der Waals surface area contributed by atoms with Gasteiger partial charge in [0, 0.05) is 5.56 Å². The van der Waals surface area contributed by atoms with Gasteiger partial charge in [0.1, 0.15) is 12.5 Å². The lowest BCUT2D eigenvalue weighted by Crippen LogP contribution is -1.90. The van der Waals surface area contributed by atoms with E-state index in [9.17, 15) is 9.18 Å². The lowest BCUT2D eigenvalue weighted by Gasteiger charge is -2.02. The van der Waals surface area contributed by atoms with Crippen LogP contribution in [0.1, 0.15) is 34.1 Å². The number of hydrogen-bond acceptors (Lipinski definition) is 1. The maximum atomic E-state index is 13.1. The van der Waals surface area contributed by atoms with Crippen molar-refractivity contribution >= 4 is 6.29 Å². The van der Waals surface area contributed by atoms with Gasteiger partial charge >= 0.3 is 0 Å². The molecule has 0 saturated heterocycles. The van der Waals surface area contributed by atoms with Crippen molar-refractivity contribution in [1.82, 2.24) is 0 Å². The first-order valence-corrected chi connectivity index (χ1v) is 4.04. The number of alkyl halides is 1. The van der Waals surface area contributed by atoms with Gasteiger partial charge in [0.15, 0.2) is 0 Å². The third-order valence-corrected chi connectivity index (χ3v) is 2.36. The van der Waals surface area contributed by atoms with Gasteiger partial charge in [-0.05, 0) is 24.0 Å². The Hall–Kier alpha value is -1.18. The molecule has 0 amide bonds. The number of carbonyl (C=O) groups excluding carboxylic acids is 1. The van der Waals surface area contributed by atoms with E-state index in [1.54, 1.807) is 18.2 Å². The zero-order valence-corrected chi connectivity index (χ0v) is 6.59. The van der Waals surface area contributed by atoms with Crippen molar-refractivity contribution in [3.8, 4) is 0 Å². The number of aldehydes is 1. The van der Waals surface area contributed by atoms with Gasteiger partial charge in [-0.2, -0.15) is 0 Å². The van der Waals surface area contributed by atoms with Gasteiger partial charge in [-0.1, -0.05) is 18.2 Å². The van der Waals surface area contributed by atoms with Gasteiger partial charge < -0.3 is 0 Å². The summed E-state index contributed by atoms with van der Waals surface area (Å²) < 4.78 is 13.1. The molecule has 1 unspecified atom stereocenters. The van der Waals surface area contributed by atoms with E-state index in [-0.39, 0.29) is 0 Å². The molecule has 62 valence electrons. The Bertz CT molecular complexity index is 320. The number of rotatable bonds is 1. The highest BCUT2D eigenvalue weighted by molar-refractivity contribution is 5.78. The standard InChI is InChI=1S/C10H9FO/c11-10-5-4-8-7(6-12)2-1-3-9(8)10/h1-3,6,10H,4-5H2. The summed E-state index contributed by atoms with van der Waals surface area (Å²) in [5.74, 6) is 0. The smallest absolute Gasteiger partial charge is 0.150 e. The molecule has 1 aliphatic carbocycles. The lowest BCUT2D eigenvalue weighted by molar-refractivity contribution is 0.112. The molecule has 1 aromatic carbocycles. The minimum atomic E-state index is -0.861. The highest BCUT2D eigenvalue weighted by Gasteiger charge is 2.23. The van der Waals surface area contributed by atoms with Crippen molar-refractivity contribution in [2.75, 3.05) is 0 Å². The van der Waals surface area contributed by atoms with E-state index in [2.05, 4.69) is 0 Å². The van der Waals surface area contributed by atoms with Crippen LogP contribution in [0.3, 0.4) is 0 Å². The summed E-state index contributed by atoms with van der Waals surface area (Å²) in [6, 6.07) is 5.24. The molecule has 12 heavy (non-hydrogen) atoms. The number of hydrogen-bond donors (Lipinski definition) is 0. The quantitative estimate of drug-likeness (QED) is 0.582. The molecule has 0 aromatic heterocycles. The van der Waals surface area contributed by atoms with Crippen LogP contribution in [0.4, 0.5) is 4.39 Å². The zero-order chi connectivity index (χ0) is 8.55. The first kappa shape index (κ1) is 7.47. The first-order chi connectivity index (χ1) is 5.83. The summed E-state index contributed by atoms with van der Waals surface area (Å²) in [6.45, 7) is 0. The highest BCUT2D eigenvalue weighted by Crippen LogP contribution is 2.35. The molecule has 1 aliphatic rings. The van der Waals surface area contributed by atoms with Crippen molar-refractivity contribution in [3.05, 3.63) is 34.9 Å². The minimum Gasteiger partial charge on any atom is -0.298 e. The Morgan fingerprint density at radius 1 is 1.50 bits per heavy atom. The van der Waals surface area contributed by atoms with Crippen LogP contribution in [0, 0.1) is 0 Å².